The van der Waals surface area contributed by atoms with E-state index in [0.29, 0.717) is 5.92 Å². The van der Waals surface area contributed by atoms with Crippen molar-refractivity contribution < 1.29 is 4.74 Å². The average Bonchev–Trinajstić information content (AvgIpc) is 3.18. The van der Waals surface area contributed by atoms with Gasteiger partial charge in [-0.2, -0.15) is 0 Å². The van der Waals surface area contributed by atoms with Gasteiger partial charge in [0.15, 0.2) is 0 Å². The summed E-state index contributed by atoms with van der Waals surface area (Å²) in [6.45, 7) is 4.36. The zero-order chi connectivity index (χ0) is 11.6. The third-order valence-corrected chi connectivity index (χ3v) is 3.89. The van der Waals surface area contributed by atoms with Gasteiger partial charge in [-0.1, -0.05) is 36.8 Å². The second-order valence-corrected chi connectivity index (χ2v) is 5.14. The Morgan fingerprint density at radius 1 is 0.882 bits per heavy atom. The maximum Gasteiger partial charge on any atom is 0.150 e. The Hall–Kier alpha value is -1.76. The van der Waals surface area contributed by atoms with Crippen LogP contribution in [-0.4, -0.2) is 0 Å². The van der Waals surface area contributed by atoms with Crippen molar-refractivity contribution >= 4 is 0 Å². The highest BCUT2D eigenvalue weighted by Crippen LogP contribution is 2.48. The molecular weight excluding hydrogens is 208 g/mol. The highest BCUT2D eigenvalue weighted by Gasteiger charge is 2.35. The van der Waals surface area contributed by atoms with Crippen molar-refractivity contribution in [2.75, 3.05) is 0 Å². The minimum atomic E-state index is 0.204. The molecule has 0 N–H and O–H groups in total. The van der Waals surface area contributed by atoms with Crippen LogP contribution >= 0.6 is 0 Å². The molecular formula is C16H14O. The van der Waals surface area contributed by atoms with Gasteiger partial charge in [0.2, 0.25) is 0 Å². The molecule has 0 saturated heterocycles. The van der Waals surface area contributed by atoms with Gasteiger partial charge < -0.3 is 4.74 Å². The maximum absolute atomic E-state index is 6.01. The Morgan fingerprint density at radius 3 is 2.47 bits per heavy atom. The second kappa shape index (κ2) is 2.92. The molecule has 2 aliphatic carbocycles. The van der Waals surface area contributed by atoms with Crippen LogP contribution in [0.2, 0.25) is 0 Å². The molecule has 0 amide bonds. The molecule has 84 valence electrons. The molecule has 2 atom stereocenters. The van der Waals surface area contributed by atoms with E-state index in [0.717, 1.165) is 5.75 Å². The summed E-state index contributed by atoms with van der Waals surface area (Å²) < 4.78 is 6.01. The zero-order valence-corrected chi connectivity index (χ0v) is 10.0. The summed E-state index contributed by atoms with van der Waals surface area (Å²) in [6.07, 6.45) is 0.204. The summed E-state index contributed by atoms with van der Waals surface area (Å²) in [7, 11) is 0. The third-order valence-electron chi connectivity index (χ3n) is 3.89. The molecule has 1 heteroatoms. The van der Waals surface area contributed by atoms with Crippen LogP contribution in [0.15, 0.2) is 36.4 Å². The summed E-state index contributed by atoms with van der Waals surface area (Å²) in [5.74, 6) is 1.66. The largest absolute Gasteiger partial charge is 0.481 e. The van der Waals surface area contributed by atoms with E-state index in [9.17, 15) is 0 Å². The van der Waals surface area contributed by atoms with Gasteiger partial charge in [-0.3, -0.25) is 0 Å². The number of ether oxygens (including phenoxy) is 1. The quantitative estimate of drug-likeness (QED) is 0.747. The van der Waals surface area contributed by atoms with Crippen molar-refractivity contribution in [3.8, 4) is 5.75 Å². The lowest BCUT2D eigenvalue weighted by Gasteiger charge is -2.02. The molecule has 17 heavy (non-hydrogen) atoms. The zero-order valence-electron chi connectivity index (χ0n) is 10.0. The number of fused-ring (bicyclic) bond motifs is 2. The van der Waals surface area contributed by atoms with E-state index in [4.69, 9.17) is 4.74 Å². The van der Waals surface area contributed by atoms with E-state index in [1.165, 1.54) is 27.8 Å². The third kappa shape index (κ3) is 1.32. The van der Waals surface area contributed by atoms with Crippen LogP contribution in [0.3, 0.4) is 0 Å². The number of aryl methyl sites for hydroxylation is 1. The molecule has 0 spiro atoms. The molecule has 0 saturated carbocycles. The summed E-state index contributed by atoms with van der Waals surface area (Å²) >= 11 is 0. The maximum atomic E-state index is 6.01. The Balaban J connectivity index is 1.57. The van der Waals surface area contributed by atoms with Crippen molar-refractivity contribution in [1.82, 2.24) is 0 Å². The minimum absolute atomic E-state index is 0.204. The van der Waals surface area contributed by atoms with Crippen molar-refractivity contribution in [3.63, 3.8) is 0 Å². The minimum Gasteiger partial charge on any atom is -0.481 e. The second-order valence-electron chi connectivity index (χ2n) is 5.14. The monoisotopic (exact) mass is 222 g/mol. The molecule has 0 fully saturated rings. The topological polar surface area (TPSA) is 9.23 Å². The van der Waals surface area contributed by atoms with Crippen LogP contribution < -0.4 is 4.74 Å². The van der Waals surface area contributed by atoms with E-state index in [-0.39, 0.29) is 6.10 Å². The molecule has 2 aromatic carbocycles. The number of rotatable bonds is 2. The summed E-state index contributed by atoms with van der Waals surface area (Å²) in [6, 6.07) is 13.0. The Bertz CT molecular complexity index is 627. The lowest BCUT2D eigenvalue weighted by molar-refractivity contribution is 0.292. The van der Waals surface area contributed by atoms with E-state index in [2.05, 4.69) is 50.2 Å². The van der Waals surface area contributed by atoms with Crippen molar-refractivity contribution in [2.24, 2.45) is 0 Å². The molecule has 0 radical (unpaired) electrons. The Kier molecular flexibility index (Phi) is 1.60. The molecule has 0 heterocycles. The normalized spacial score (nSPS) is 22.7. The number of benzene rings is 2. The summed E-state index contributed by atoms with van der Waals surface area (Å²) in [5.41, 5.74) is 6.92. The van der Waals surface area contributed by atoms with Crippen molar-refractivity contribution in [2.45, 2.75) is 25.9 Å². The van der Waals surface area contributed by atoms with Gasteiger partial charge in [0.25, 0.3) is 0 Å². The van der Waals surface area contributed by atoms with Gasteiger partial charge in [-0.25, -0.2) is 0 Å². The lowest BCUT2D eigenvalue weighted by Crippen LogP contribution is -1.89. The first kappa shape index (κ1) is 9.29. The van der Waals surface area contributed by atoms with E-state index < -0.39 is 0 Å². The molecule has 0 aliphatic heterocycles. The predicted octanol–water partition coefficient (Wildman–Crippen LogP) is 3.94. The first-order chi connectivity index (χ1) is 8.24. The fourth-order valence-corrected chi connectivity index (χ4v) is 2.63. The molecule has 1 nitrogen and oxygen atoms in total. The summed E-state index contributed by atoms with van der Waals surface area (Å²) in [5, 5.41) is 0. The predicted molar refractivity (Wildman–Crippen MR) is 67.6 cm³/mol. The van der Waals surface area contributed by atoms with Crippen LogP contribution in [-0.2, 0) is 0 Å². The van der Waals surface area contributed by atoms with Crippen molar-refractivity contribution in [3.05, 3.63) is 64.2 Å². The van der Waals surface area contributed by atoms with E-state index in [1.807, 2.05) is 0 Å². The highest BCUT2D eigenvalue weighted by atomic mass is 16.5. The Morgan fingerprint density at radius 2 is 1.71 bits per heavy atom. The van der Waals surface area contributed by atoms with Crippen LogP contribution in [0.1, 0.15) is 46.8 Å². The lowest BCUT2D eigenvalue weighted by atomic mass is 10.2. The van der Waals surface area contributed by atoms with E-state index >= 15 is 0 Å². The van der Waals surface area contributed by atoms with Gasteiger partial charge in [-0.15, -0.1) is 0 Å². The molecule has 2 aromatic rings. The molecule has 0 aromatic heterocycles. The van der Waals surface area contributed by atoms with Crippen LogP contribution in [0.25, 0.3) is 0 Å². The first-order valence-electron chi connectivity index (χ1n) is 6.15. The number of hydrogen-bond acceptors (Lipinski definition) is 1. The SMILES string of the molecule is Cc1ccc2c(c1)[C@@H]2Oc1ccc2c(c1)[C@H]2C. The first-order valence-corrected chi connectivity index (χ1v) is 6.15. The molecule has 4 rings (SSSR count). The average molecular weight is 222 g/mol. The van der Waals surface area contributed by atoms with Crippen molar-refractivity contribution in [1.29, 1.82) is 0 Å². The smallest absolute Gasteiger partial charge is 0.150 e. The molecule has 0 bridgehead atoms. The fraction of sp³-hybridized carbons (Fsp3) is 0.250. The van der Waals surface area contributed by atoms with Gasteiger partial charge in [-0.05, 0) is 30.2 Å². The fourth-order valence-electron chi connectivity index (χ4n) is 2.63. The van der Waals surface area contributed by atoms with E-state index in [1.54, 1.807) is 0 Å². The molecule has 2 aliphatic rings. The molecule has 0 unspecified atom stereocenters. The standard InChI is InChI=1S/C16H14O/c1-9-3-5-13-15(7-9)16(13)17-11-4-6-12-10(2)14(12)8-11/h3-8,10,16H,1-2H3/t10-,16+/m0/s1. The van der Waals surface area contributed by atoms with Gasteiger partial charge in [0.1, 0.15) is 11.9 Å². The van der Waals surface area contributed by atoms with Gasteiger partial charge in [0.05, 0.1) is 0 Å². The Labute approximate surface area is 101 Å². The van der Waals surface area contributed by atoms with Crippen LogP contribution in [0, 0.1) is 6.92 Å². The highest BCUT2D eigenvalue weighted by molar-refractivity contribution is 5.56. The van der Waals surface area contributed by atoms with Crippen LogP contribution in [0.4, 0.5) is 0 Å². The summed E-state index contributed by atoms with van der Waals surface area (Å²) in [4.78, 5) is 0. The van der Waals surface area contributed by atoms with Gasteiger partial charge >= 0.3 is 0 Å². The number of hydrogen-bond donors (Lipinski definition) is 0. The van der Waals surface area contributed by atoms with Gasteiger partial charge in [0, 0.05) is 17.0 Å². The van der Waals surface area contributed by atoms with Crippen LogP contribution in [0.5, 0.6) is 5.75 Å².